The van der Waals surface area contributed by atoms with E-state index in [4.69, 9.17) is 19.9 Å². The van der Waals surface area contributed by atoms with Gasteiger partial charge in [0, 0.05) is 32.4 Å². The third-order valence-electron chi connectivity index (χ3n) is 12.9. The number of ether oxygens (including phenoxy) is 3. The molecule has 2 spiro atoms. The third kappa shape index (κ3) is 11.9. The molecule has 5 rings (SSSR count). The number of aliphatic hydroxyl groups is 1. The minimum Gasteiger partial charge on any atom is -0.462 e. The number of quaternary nitrogens is 1. The Hall–Kier alpha value is -1.60. The van der Waals surface area contributed by atoms with E-state index >= 15 is 0 Å². The first-order valence-corrected chi connectivity index (χ1v) is 22.1. The molecular weight excluding hydrogens is 670 g/mol. The largest absolute Gasteiger partial charge is 0.462 e. The zero-order valence-electron chi connectivity index (χ0n) is 33.4. The van der Waals surface area contributed by atoms with Gasteiger partial charge in [0.05, 0.1) is 18.2 Å². The normalized spacial score (nSPS) is 33.4. The Morgan fingerprint density at radius 3 is 2.32 bits per heavy atom. The summed E-state index contributed by atoms with van der Waals surface area (Å²) in [4.78, 5) is 27.4. The van der Waals surface area contributed by atoms with E-state index in [0.29, 0.717) is 32.2 Å². The number of esters is 1. The fraction of sp³-hybridized carbons (Fsp3) is 0.905. The van der Waals surface area contributed by atoms with Crippen molar-refractivity contribution in [1.29, 1.82) is 0 Å². The van der Waals surface area contributed by atoms with Crippen molar-refractivity contribution in [1.82, 2.24) is 16.0 Å². The van der Waals surface area contributed by atoms with Gasteiger partial charge >= 0.3 is 5.97 Å². The first-order chi connectivity index (χ1) is 25.8. The average molecular weight is 747 g/mol. The number of carbonyl (C=O) groups excluding carboxylic acids is 2. The van der Waals surface area contributed by atoms with Gasteiger partial charge in [0.15, 0.2) is 5.92 Å². The molecular formula is C42H76N5O6+. The second kappa shape index (κ2) is 21.6. The summed E-state index contributed by atoms with van der Waals surface area (Å²) in [7, 11) is 0. The number of hydrogen-bond acceptors (Lipinski definition) is 9. The summed E-state index contributed by atoms with van der Waals surface area (Å²) >= 11 is 0. The van der Waals surface area contributed by atoms with Gasteiger partial charge in [0.1, 0.15) is 23.6 Å². The molecule has 0 aromatic heterocycles. The summed E-state index contributed by atoms with van der Waals surface area (Å²) in [6.45, 7) is 6.03. The number of nitrogens with one attached hydrogen (secondary N) is 4. The lowest BCUT2D eigenvalue weighted by Gasteiger charge is -2.57. The van der Waals surface area contributed by atoms with E-state index in [1.165, 1.54) is 62.7 Å². The van der Waals surface area contributed by atoms with Crippen LogP contribution in [0, 0.1) is 5.92 Å². The Kier molecular flexibility index (Phi) is 17.4. The van der Waals surface area contributed by atoms with Gasteiger partial charge in [-0.05, 0) is 77.7 Å². The molecule has 5 aliphatic rings. The molecule has 0 aliphatic carbocycles. The molecule has 11 heteroatoms. The molecule has 5 heterocycles. The Morgan fingerprint density at radius 1 is 0.962 bits per heavy atom. The van der Waals surface area contributed by atoms with Gasteiger partial charge in [0.2, 0.25) is 12.2 Å². The lowest BCUT2D eigenvalue weighted by atomic mass is 9.80. The molecule has 0 saturated carbocycles. The molecule has 0 aromatic rings. The van der Waals surface area contributed by atoms with Crippen molar-refractivity contribution in [2.45, 2.75) is 216 Å². The van der Waals surface area contributed by atoms with Gasteiger partial charge in [-0.3, -0.25) is 9.59 Å². The predicted octanol–water partition coefficient (Wildman–Crippen LogP) is 4.86. The zero-order valence-corrected chi connectivity index (χ0v) is 33.4. The van der Waals surface area contributed by atoms with E-state index in [9.17, 15) is 14.7 Å². The highest BCUT2D eigenvalue weighted by Crippen LogP contribution is 2.41. The van der Waals surface area contributed by atoms with Crippen LogP contribution < -0.4 is 26.6 Å². The second-order valence-electron chi connectivity index (χ2n) is 17.0. The van der Waals surface area contributed by atoms with Crippen molar-refractivity contribution < 1.29 is 33.8 Å². The molecule has 53 heavy (non-hydrogen) atoms. The standard InChI is InChI=1S/C42H75N5O6/c1-3-34-22-16-17-26-41(53-34)31-33-24-25-35-37(42(27-18-19-30-51-42)46-40(45-41)47(33)35)39(50)52-32(2)21-14-12-10-8-6-4-5-7-9-11-13-15-23-36(48)38(49)44-29-20-28-43/h16,22,32-37,40,45-46,48H,3-15,17-21,23-31,43H2,1-2H3,(H,44,49)/p+1. The number of rotatable bonds is 22. The Morgan fingerprint density at radius 2 is 1.66 bits per heavy atom. The van der Waals surface area contributed by atoms with Crippen LogP contribution in [0.3, 0.4) is 0 Å². The molecule has 0 bridgehead atoms. The summed E-state index contributed by atoms with van der Waals surface area (Å²) in [6.07, 6.45) is 29.1. The van der Waals surface area contributed by atoms with Gasteiger partial charge in [-0.25, -0.2) is 10.6 Å². The third-order valence-corrected chi connectivity index (χ3v) is 12.9. The first kappa shape index (κ1) is 42.5. The van der Waals surface area contributed by atoms with Gasteiger partial charge in [-0.1, -0.05) is 89.7 Å². The SMILES string of the molecule is CCC1C=CCCC2(CC3CCC4C(C(=O)OC(C)CCCCCCCCCCCCCCC(O)C(=O)NCCCN)C5(CCCCO5)NC(N2)[NH+]34)O1. The van der Waals surface area contributed by atoms with E-state index in [0.717, 1.165) is 89.9 Å². The van der Waals surface area contributed by atoms with Crippen molar-refractivity contribution in [2.24, 2.45) is 11.7 Å². The van der Waals surface area contributed by atoms with E-state index < -0.39 is 11.8 Å². The molecule has 1 amide bonds. The average Bonchev–Trinajstić information content (AvgIpc) is 3.45. The molecule has 4 saturated heterocycles. The Balaban J connectivity index is 0.955. The summed E-state index contributed by atoms with van der Waals surface area (Å²) in [5.74, 6) is -0.631. The van der Waals surface area contributed by atoms with Crippen LogP contribution in [0.25, 0.3) is 0 Å². The highest BCUT2D eigenvalue weighted by atomic mass is 16.6. The number of allylic oxidation sites excluding steroid dienone is 1. The molecule has 0 radical (unpaired) electrons. The first-order valence-electron chi connectivity index (χ1n) is 22.1. The van der Waals surface area contributed by atoms with Gasteiger partial charge in [-0.15, -0.1) is 0 Å². The summed E-state index contributed by atoms with van der Waals surface area (Å²) in [5.41, 5.74) is 4.41. The van der Waals surface area contributed by atoms with Crippen LogP contribution in [0.4, 0.5) is 0 Å². The van der Waals surface area contributed by atoms with Crippen molar-refractivity contribution in [3.05, 3.63) is 12.2 Å². The van der Waals surface area contributed by atoms with Crippen molar-refractivity contribution in [3.8, 4) is 0 Å². The molecule has 11 nitrogen and oxygen atoms in total. The van der Waals surface area contributed by atoms with Crippen LogP contribution >= 0.6 is 0 Å². The van der Waals surface area contributed by atoms with Crippen LogP contribution in [0.5, 0.6) is 0 Å². The van der Waals surface area contributed by atoms with Crippen LogP contribution in [0.1, 0.15) is 168 Å². The van der Waals surface area contributed by atoms with Crippen molar-refractivity contribution >= 4 is 11.9 Å². The number of aliphatic hydroxyl groups excluding tert-OH is 1. The zero-order chi connectivity index (χ0) is 37.5. The van der Waals surface area contributed by atoms with Crippen LogP contribution in [0.2, 0.25) is 0 Å². The van der Waals surface area contributed by atoms with Crippen LogP contribution in [0.15, 0.2) is 12.2 Å². The topological polar surface area (TPSA) is 149 Å². The number of hydrogen-bond donors (Lipinski definition) is 6. The number of carbonyl (C=O) groups is 2. The maximum Gasteiger partial charge on any atom is 0.319 e. The predicted molar refractivity (Wildman–Crippen MR) is 208 cm³/mol. The fourth-order valence-electron chi connectivity index (χ4n) is 10.0. The van der Waals surface area contributed by atoms with Crippen LogP contribution in [-0.4, -0.2) is 84.8 Å². The summed E-state index contributed by atoms with van der Waals surface area (Å²) in [6, 6.07) is 0.637. The number of unbranched alkanes of at least 4 members (excludes halogenated alkanes) is 11. The van der Waals surface area contributed by atoms with E-state index in [-0.39, 0.29) is 48.1 Å². The summed E-state index contributed by atoms with van der Waals surface area (Å²) in [5, 5.41) is 20.6. The van der Waals surface area contributed by atoms with Gasteiger partial charge in [-0.2, -0.15) is 0 Å². The molecule has 7 N–H and O–H groups in total. The Bertz CT molecular complexity index is 1140. The van der Waals surface area contributed by atoms with E-state index in [2.05, 4.69) is 41.9 Å². The minimum atomic E-state index is -0.895. The monoisotopic (exact) mass is 747 g/mol. The lowest BCUT2D eigenvalue weighted by Crippen LogP contribution is -3.29. The van der Waals surface area contributed by atoms with Gasteiger partial charge in [0.25, 0.3) is 0 Å². The molecule has 0 aromatic carbocycles. The van der Waals surface area contributed by atoms with E-state index in [1.807, 2.05) is 0 Å². The molecule has 10 unspecified atom stereocenters. The molecule has 4 fully saturated rings. The Labute approximate surface area is 320 Å². The summed E-state index contributed by atoms with van der Waals surface area (Å²) < 4.78 is 19.7. The van der Waals surface area contributed by atoms with Crippen LogP contribution in [-0.2, 0) is 23.8 Å². The maximum absolute atomic E-state index is 14.2. The van der Waals surface area contributed by atoms with Crippen molar-refractivity contribution in [3.63, 3.8) is 0 Å². The smallest absolute Gasteiger partial charge is 0.319 e. The number of amides is 1. The highest BCUT2D eigenvalue weighted by Gasteiger charge is 2.66. The van der Waals surface area contributed by atoms with Crippen molar-refractivity contribution in [2.75, 3.05) is 19.7 Å². The number of nitrogens with two attached hydrogens (primary N) is 1. The second-order valence-corrected chi connectivity index (χ2v) is 17.0. The molecule has 10 atom stereocenters. The lowest BCUT2D eigenvalue weighted by molar-refractivity contribution is -0.985. The minimum absolute atomic E-state index is 0.00113. The molecule has 304 valence electrons. The molecule has 5 aliphatic heterocycles. The van der Waals surface area contributed by atoms with Gasteiger partial charge < -0.3 is 35.3 Å². The fourth-order valence-corrected chi connectivity index (χ4v) is 10.0. The quantitative estimate of drug-likeness (QED) is 0.0520. The van der Waals surface area contributed by atoms with E-state index in [1.54, 1.807) is 0 Å². The maximum atomic E-state index is 14.2. The highest BCUT2D eigenvalue weighted by molar-refractivity contribution is 5.80.